The largest absolute Gasteiger partial charge is 0.255 e. The number of hydrogen-bond donors (Lipinski definition) is 0. The van der Waals surface area contributed by atoms with Crippen LogP contribution in [0.2, 0.25) is 0 Å². The Morgan fingerprint density at radius 3 is 2.62 bits per heavy atom. The highest BCUT2D eigenvalue weighted by atomic mass is 127. The molecule has 0 spiro atoms. The van der Waals surface area contributed by atoms with Crippen molar-refractivity contribution >= 4 is 30.6 Å². The van der Waals surface area contributed by atoms with Crippen molar-refractivity contribution in [2.45, 2.75) is 13.8 Å². The smallest absolute Gasteiger partial charge is 0.0602 e. The zero-order valence-corrected chi connectivity index (χ0v) is 7.14. The maximum Gasteiger partial charge on any atom is 0.0602 e. The van der Waals surface area contributed by atoms with E-state index < -0.39 is 0 Å². The standard InChI is InChI=1S/C6H8IN/c1-5-3-6(2)8-4-7-5/h3-4H,1-2H3. The Balaban J connectivity index is 2.89. The van der Waals surface area contributed by atoms with Gasteiger partial charge in [0.1, 0.15) is 0 Å². The summed E-state index contributed by atoms with van der Waals surface area (Å²) < 4.78 is 3.57. The van der Waals surface area contributed by atoms with Gasteiger partial charge >= 0.3 is 0 Å². The lowest BCUT2D eigenvalue weighted by Gasteiger charge is -1.95. The summed E-state index contributed by atoms with van der Waals surface area (Å²) in [4.78, 5) is 4.14. The summed E-state index contributed by atoms with van der Waals surface area (Å²) in [6.45, 7) is 4.20. The monoisotopic (exact) mass is 221 g/mol. The van der Waals surface area contributed by atoms with Crippen LogP contribution in [0.3, 0.4) is 0 Å². The molecule has 0 radical (unpaired) electrons. The van der Waals surface area contributed by atoms with E-state index in [4.69, 9.17) is 0 Å². The fourth-order valence-corrected chi connectivity index (χ4v) is 2.18. The lowest BCUT2D eigenvalue weighted by atomic mass is 10.4. The minimum atomic E-state index is 0.173. The van der Waals surface area contributed by atoms with Gasteiger partial charge in [0.15, 0.2) is 0 Å². The van der Waals surface area contributed by atoms with E-state index in [1.165, 1.54) is 3.58 Å². The summed E-state index contributed by atoms with van der Waals surface area (Å²) >= 11 is 0.173. The van der Waals surface area contributed by atoms with Gasteiger partial charge in [-0.1, -0.05) is 20.7 Å². The van der Waals surface area contributed by atoms with Crippen LogP contribution in [0.15, 0.2) is 14.6 Å². The topological polar surface area (TPSA) is 12.4 Å². The lowest BCUT2D eigenvalue weighted by Crippen LogP contribution is -1.87. The minimum Gasteiger partial charge on any atom is -0.255 e. The third kappa shape index (κ3) is 1.51. The quantitative estimate of drug-likeness (QED) is 0.555. The number of allylic oxidation sites excluding steroid dienone is 2. The Kier molecular flexibility index (Phi) is 1.94. The molecule has 0 aliphatic carbocycles. The van der Waals surface area contributed by atoms with Gasteiger partial charge in [-0.2, -0.15) is 0 Å². The Morgan fingerprint density at radius 1 is 1.50 bits per heavy atom. The summed E-state index contributed by atoms with van der Waals surface area (Å²) in [5.41, 5.74) is 1.15. The predicted octanol–water partition coefficient (Wildman–Crippen LogP) is 2.10. The molecule has 0 amide bonds. The van der Waals surface area contributed by atoms with Gasteiger partial charge in [0, 0.05) is 5.71 Å². The molecule has 44 valence electrons. The molecule has 8 heavy (non-hydrogen) atoms. The van der Waals surface area contributed by atoms with Gasteiger partial charge in [-0.3, -0.25) is 4.99 Å². The maximum atomic E-state index is 4.14. The Labute approximate surface area is 59.3 Å². The summed E-state index contributed by atoms with van der Waals surface area (Å²) in [6, 6.07) is 0. The molecule has 0 aromatic carbocycles. The Morgan fingerprint density at radius 2 is 2.25 bits per heavy atom. The summed E-state index contributed by atoms with van der Waals surface area (Å²) in [5, 5.41) is 0. The first kappa shape index (κ1) is 6.13. The van der Waals surface area contributed by atoms with Gasteiger partial charge in [0.05, 0.1) is 4.14 Å². The molecule has 0 N–H and O–H groups in total. The first-order chi connectivity index (χ1) is 3.79. The highest BCUT2D eigenvalue weighted by Crippen LogP contribution is 2.14. The zero-order valence-electron chi connectivity index (χ0n) is 4.98. The number of nitrogens with zero attached hydrogens (tertiary/aromatic N) is 1. The van der Waals surface area contributed by atoms with Crippen LogP contribution in [0.4, 0.5) is 0 Å². The lowest BCUT2D eigenvalue weighted by molar-refractivity contribution is 1.66. The van der Waals surface area contributed by atoms with Crippen LogP contribution in [0.5, 0.6) is 0 Å². The fraction of sp³-hybridized carbons (Fsp3) is 0.333. The van der Waals surface area contributed by atoms with E-state index in [2.05, 4.69) is 22.1 Å². The second kappa shape index (κ2) is 2.53. The maximum absolute atomic E-state index is 4.14. The van der Waals surface area contributed by atoms with Crippen LogP contribution in [-0.4, -0.2) is 9.85 Å². The van der Waals surface area contributed by atoms with Gasteiger partial charge in [-0.05, 0) is 23.5 Å². The Bertz CT molecular complexity index is 174. The van der Waals surface area contributed by atoms with E-state index in [1.807, 2.05) is 6.92 Å². The van der Waals surface area contributed by atoms with Crippen molar-refractivity contribution in [3.8, 4) is 0 Å². The SMILES string of the molecule is CC1=CC(C)=NC=I1. The number of halogens is 1. The summed E-state index contributed by atoms with van der Waals surface area (Å²) in [7, 11) is 0. The van der Waals surface area contributed by atoms with Crippen LogP contribution >= 0.6 is 20.7 Å². The van der Waals surface area contributed by atoms with Crippen molar-refractivity contribution in [1.82, 2.24) is 0 Å². The van der Waals surface area contributed by atoms with Crippen molar-refractivity contribution in [3.63, 3.8) is 0 Å². The predicted molar refractivity (Wildman–Crippen MR) is 47.0 cm³/mol. The van der Waals surface area contributed by atoms with Gasteiger partial charge in [0.25, 0.3) is 0 Å². The van der Waals surface area contributed by atoms with Gasteiger partial charge in [-0.15, -0.1) is 0 Å². The van der Waals surface area contributed by atoms with E-state index in [-0.39, 0.29) is 20.7 Å². The van der Waals surface area contributed by atoms with E-state index >= 15 is 0 Å². The number of hydrogen-bond acceptors (Lipinski definition) is 1. The van der Waals surface area contributed by atoms with E-state index in [1.54, 1.807) is 0 Å². The van der Waals surface area contributed by atoms with Crippen LogP contribution in [0.1, 0.15) is 13.8 Å². The van der Waals surface area contributed by atoms with Gasteiger partial charge in [0.2, 0.25) is 0 Å². The molecule has 1 aliphatic rings. The molecule has 0 saturated carbocycles. The molecule has 0 atom stereocenters. The minimum absolute atomic E-state index is 0.173. The molecule has 0 aromatic rings. The van der Waals surface area contributed by atoms with Crippen molar-refractivity contribution < 1.29 is 0 Å². The van der Waals surface area contributed by atoms with E-state index in [0.717, 1.165) is 5.71 Å². The molecular formula is C6H8IN. The third-order valence-corrected chi connectivity index (χ3v) is 2.73. The highest BCUT2D eigenvalue weighted by Gasteiger charge is 1.89. The third-order valence-electron chi connectivity index (χ3n) is 0.881. The average Bonchev–Trinajstić information content (AvgIpc) is 1.64. The van der Waals surface area contributed by atoms with Crippen molar-refractivity contribution in [2.24, 2.45) is 4.99 Å². The molecule has 0 saturated heterocycles. The molecular weight excluding hydrogens is 213 g/mol. The van der Waals surface area contributed by atoms with Crippen LogP contribution in [0, 0.1) is 0 Å². The first-order valence-corrected chi connectivity index (χ1v) is 4.79. The molecule has 2 heteroatoms. The Hall–Kier alpha value is 0.01000. The highest BCUT2D eigenvalue weighted by molar-refractivity contribution is 14.2. The molecule has 1 heterocycles. The first-order valence-electron chi connectivity index (χ1n) is 2.47. The van der Waals surface area contributed by atoms with E-state index in [9.17, 15) is 0 Å². The van der Waals surface area contributed by atoms with Crippen molar-refractivity contribution in [3.05, 3.63) is 9.66 Å². The normalized spacial score (nSPS) is 18.8. The van der Waals surface area contributed by atoms with Crippen molar-refractivity contribution in [1.29, 1.82) is 0 Å². The molecule has 0 bridgehead atoms. The van der Waals surface area contributed by atoms with Crippen LogP contribution < -0.4 is 0 Å². The second-order valence-corrected chi connectivity index (χ2v) is 4.59. The molecule has 0 unspecified atom stereocenters. The van der Waals surface area contributed by atoms with Crippen LogP contribution in [0.25, 0.3) is 0 Å². The van der Waals surface area contributed by atoms with Gasteiger partial charge in [-0.25, -0.2) is 0 Å². The average molecular weight is 221 g/mol. The summed E-state index contributed by atoms with van der Waals surface area (Å²) in [6.07, 6.45) is 2.16. The van der Waals surface area contributed by atoms with Crippen LogP contribution in [-0.2, 0) is 0 Å². The van der Waals surface area contributed by atoms with Crippen molar-refractivity contribution in [2.75, 3.05) is 0 Å². The van der Waals surface area contributed by atoms with E-state index in [0.29, 0.717) is 0 Å². The molecule has 0 aromatic heterocycles. The zero-order chi connectivity index (χ0) is 5.98. The number of aliphatic imine (C=N–C) groups is 1. The molecule has 0 fully saturated rings. The van der Waals surface area contributed by atoms with Gasteiger partial charge < -0.3 is 0 Å². The molecule has 1 aliphatic heterocycles. The number of rotatable bonds is 0. The second-order valence-electron chi connectivity index (χ2n) is 1.71. The fourth-order valence-electron chi connectivity index (χ4n) is 0.535. The molecule has 1 rings (SSSR count). The summed E-state index contributed by atoms with van der Waals surface area (Å²) in [5.74, 6) is 0. The molecule has 1 nitrogen and oxygen atoms in total.